The molecule has 0 amide bonds. The lowest BCUT2D eigenvalue weighted by molar-refractivity contribution is -0.131. The average Bonchev–Trinajstić information content (AvgIpc) is 2.16. The Labute approximate surface area is 96.7 Å². The lowest BCUT2D eigenvalue weighted by Crippen LogP contribution is -2.38. The fourth-order valence-electron chi connectivity index (χ4n) is 1.94. The number of Topliss-reactive ketones (excluding diaryl/α,β-unsaturated/α-hetero) is 1. The highest BCUT2D eigenvalue weighted by molar-refractivity contribution is 5.93. The summed E-state index contributed by atoms with van der Waals surface area (Å²) >= 11 is 0. The highest BCUT2D eigenvalue weighted by atomic mass is 19.1. The van der Waals surface area contributed by atoms with Crippen LogP contribution in [0.1, 0.15) is 40.2 Å². The lowest BCUT2D eigenvalue weighted by atomic mass is 9.71. The summed E-state index contributed by atoms with van der Waals surface area (Å²) in [5.41, 5.74) is -0.113. The maximum Gasteiger partial charge on any atom is 0.148 e. The Morgan fingerprint density at radius 2 is 1.44 bits per heavy atom. The maximum absolute atomic E-state index is 12.8. The van der Waals surface area contributed by atoms with Gasteiger partial charge >= 0.3 is 0 Å². The van der Waals surface area contributed by atoms with Crippen molar-refractivity contribution in [2.75, 3.05) is 0 Å². The Morgan fingerprint density at radius 1 is 1.00 bits per heavy atom. The van der Waals surface area contributed by atoms with Gasteiger partial charge in [-0.3, -0.25) is 4.79 Å². The van der Waals surface area contributed by atoms with Crippen LogP contribution in [-0.4, -0.2) is 5.78 Å². The molecule has 0 unspecified atom stereocenters. The third-order valence-electron chi connectivity index (χ3n) is 2.81. The van der Waals surface area contributed by atoms with E-state index in [-0.39, 0.29) is 11.6 Å². The zero-order valence-electron chi connectivity index (χ0n) is 10.6. The van der Waals surface area contributed by atoms with Gasteiger partial charge in [-0.25, -0.2) is 4.39 Å². The number of carbonyl (C=O) groups is 1. The molecule has 0 spiro atoms. The smallest absolute Gasteiger partial charge is 0.148 e. The molecule has 0 heterocycles. The first-order valence-corrected chi connectivity index (χ1v) is 5.46. The first-order valence-electron chi connectivity index (χ1n) is 5.46. The number of rotatable bonds is 2. The van der Waals surface area contributed by atoms with E-state index in [1.165, 1.54) is 12.1 Å². The van der Waals surface area contributed by atoms with E-state index in [1.807, 2.05) is 34.6 Å². The van der Waals surface area contributed by atoms with Crippen LogP contribution in [0.5, 0.6) is 0 Å². The summed E-state index contributed by atoms with van der Waals surface area (Å²) in [6.45, 7) is 9.48. The molecule has 0 atom stereocenters. The van der Waals surface area contributed by atoms with Crippen LogP contribution in [0.25, 0.3) is 0 Å². The van der Waals surface area contributed by atoms with Gasteiger partial charge < -0.3 is 0 Å². The summed E-state index contributed by atoms with van der Waals surface area (Å²) in [5.74, 6) is -0.116. The molecule has 0 aliphatic carbocycles. The van der Waals surface area contributed by atoms with Gasteiger partial charge in [0.2, 0.25) is 0 Å². The summed E-state index contributed by atoms with van der Waals surface area (Å²) in [6.07, 6.45) is 0. The van der Waals surface area contributed by atoms with Crippen LogP contribution in [-0.2, 0) is 10.2 Å². The number of ketones is 1. The van der Waals surface area contributed by atoms with Crippen LogP contribution in [0.2, 0.25) is 0 Å². The molecular formula is C14H19FO. The molecule has 0 saturated carbocycles. The molecule has 1 aromatic rings. The summed E-state index contributed by atoms with van der Waals surface area (Å²) in [6, 6.07) is 6.15. The SMILES string of the molecule is CC(C)(C)C(=O)C(C)(C)c1ccc(F)cc1. The third-order valence-corrected chi connectivity index (χ3v) is 2.81. The molecule has 16 heavy (non-hydrogen) atoms. The molecule has 0 radical (unpaired) electrons. The minimum absolute atomic E-state index is 0.159. The normalized spacial score (nSPS) is 12.6. The van der Waals surface area contributed by atoms with Gasteiger partial charge in [-0.05, 0) is 31.5 Å². The van der Waals surface area contributed by atoms with E-state index < -0.39 is 10.8 Å². The van der Waals surface area contributed by atoms with Gasteiger partial charge in [0.1, 0.15) is 11.6 Å². The first-order chi connectivity index (χ1) is 7.15. The van der Waals surface area contributed by atoms with Crippen molar-refractivity contribution < 1.29 is 9.18 Å². The summed E-state index contributed by atoms with van der Waals surface area (Å²) in [7, 11) is 0. The largest absolute Gasteiger partial charge is 0.298 e. The van der Waals surface area contributed by atoms with Gasteiger partial charge in [0.05, 0.1) is 0 Å². The minimum Gasteiger partial charge on any atom is -0.298 e. The van der Waals surface area contributed by atoms with E-state index >= 15 is 0 Å². The molecule has 0 N–H and O–H groups in total. The van der Waals surface area contributed by atoms with E-state index in [4.69, 9.17) is 0 Å². The highest BCUT2D eigenvalue weighted by Gasteiger charge is 2.37. The van der Waals surface area contributed by atoms with E-state index in [0.29, 0.717) is 0 Å². The van der Waals surface area contributed by atoms with Gasteiger partial charge in [0.25, 0.3) is 0 Å². The molecule has 88 valence electrons. The molecule has 0 saturated heterocycles. The average molecular weight is 222 g/mol. The van der Waals surface area contributed by atoms with Gasteiger partial charge in [-0.2, -0.15) is 0 Å². The Balaban J connectivity index is 3.11. The quantitative estimate of drug-likeness (QED) is 0.745. The molecule has 0 aliphatic heterocycles. The fourth-order valence-corrected chi connectivity index (χ4v) is 1.94. The predicted molar refractivity (Wildman–Crippen MR) is 63.9 cm³/mol. The third kappa shape index (κ3) is 2.49. The topological polar surface area (TPSA) is 17.1 Å². The van der Waals surface area contributed by atoms with Crippen molar-refractivity contribution in [1.82, 2.24) is 0 Å². The van der Waals surface area contributed by atoms with Crippen LogP contribution in [0.3, 0.4) is 0 Å². The molecule has 1 nitrogen and oxygen atoms in total. The Kier molecular flexibility index (Phi) is 3.22. The number of hydrogen-bond acceptors (Lipinski definition) is 1. The zero-order chi connectivity index (χ0) is 12.6. The standard InChI is InChI=1S/C14H19FO/c1-13(2,3)12(16)14(4,5)10-6-8-11(15)9-7-10/h6-9H,1-5H3. The number of halogens is 1. The molecule has 1 rings (SSSR count). The van der Waals surface area contributed by atoms with E-state index in [2.05, 4.69) is 0 Å². The molecule has 0 bridgehead atoms. The van der Waals surface area contributed by atoms with Crippen molar-refractivity contribution in [2.45, 2.75) is 40.0 Å². The van der Waals surface area contributed by atoms with Crippen LogP contribution in [0.4, 0.5) is 4.39 Å². The molecule has 0 fully saturated rings. The van der Waals surface area contributed by atoms with Crippen molar-refractivity contribution in [3.8, 4) is 0 Å². The van der Waals surface area contributed by atoms with E-state index in [9.17, 15) is 9.18 Å². The van der Waals surface area contributed by atoms with Gasteiger partial charge in [0, 0.05) is 10.8 Å². The fraction of sp³-hybridized carbons (Fsp3) is 0.500. The van der Waals surface area contributed by atoms with Crippen molar-refractivity contribution in [1.29, 1.82) is 0 Å². The van der Waals surface area contributed by atoms with E-state index in [1.54, 1.807) is 12.1 Å². The molecule has 2 heteroatoms. The van der Waals surface area contributed by atoms with Crippen LogP contribution < -0.4 is 0 Å². The second-order valence-electron chi connectivity index (χ2n) is 5.71. The second-order valence-corrected chi connectivity index (χ2v) is 5.71. The van der Waals surface area contributed by atoms with Crippen molar-refractivity contribution in [2.24, 2.45) is 5.41 Å². The number of hydrogen-bond donors (Lipinski definition) is 0. The highest BCUT2D eigenvalue weighted by Crippen LogP contribution is 2.32. The summed E-state index contributed by atoms with van der Waals surface area (Å²) in [5, 5.41) is 0. The minimum atomic E-state index is -0.577. The monoisotopic (exact) mass is 222 g/mol. The van der Waals surface area contributed by atoms with Crippen molar-refractivity contribution in [3.63, 3.8) is 0 Å². The Hall–Kier alpha value is -1.18. The number of benzene rings is 1. The molecular weight excluding hydrogens is 203 g/mol. The van der Waals surface area contributed by atoms with Gasteiger partial charge in [-0.15, -0.1) is 0 Å². The molecule has 0 aromatic heterocycles. The van der Waals surface area contributed by atoms with Crippen molar-refractivity contribution >= 4 is 5.78 Å². The number of carbonyl (C=O) groups excluding carboxylic acids is 1. The molecule has 0 aliphatic rings. The second kappa shape index (κ2) is 4.00. The van der Waals surface area contributed by atoms with Crippen LogP contribution in [0.15, 0.2) is 24.3 Å². The van der Waals surface area contributed by atoms with Crippen molar-refractivity contribution in [3.05, 3.63) is 35.6 Å². The maximum atomic E-state index is 12.8. The van der Waals surface area contributed by atoms with Gasteiger partial charge in [0.15, 0.2) is 0 Å². The Bertz CT molecular complexity index is 382. The predicted octanol–water partition coefficient (Wildman–Crippen LogP) is 3.72. The molecule has 1 aromatic carbocycles. The van der Waals surface area contributed by atoms with Gasteiger partial charge in [-0.1, -0.05) is 32.9 Å². The lowest BCUT2D eigenvalue weighted by Gasteiger charge is -2.31. The Morgan fingerprint density at radius 3 is 1.81 bits per heavy atom. The van der Waals surface area contributed by atoms with E-state index in [0.717, 1.165) is 5.56 Å². The van der Waals surface area contributed by atoms with Crippen LogP contribution in [0, 0.1) is 11.2 Å². The summed E-state index contributed by atoms with van der Waals surface area (Å²) in [4.78, 5) is 12.3. The summed E-state index contributed by atoms with van der Waals surface area (Å²) < 4.78 is 12.8. The zero-order valence-corrected chi connectivity index (χ0v) is 10.6. The first kappa shape index (κ1) is 12.9. The van der Waals surface area contributed by atoms with Crippen LogP contribution >= 0.6 is 0 Å².